The summed E-state index contributed by atoms with van der Waals surface area (Å²) in [6.45, 7) is 5.86. The van der Waals surface area contributed by atoms with Crippen LogP contribution in [-0.2, 0) is 11.3 Å². The molecule has 2 saturated heterocycles. The molecule has 3 aromatic rings. The van der Waals surface area contributed by atoms with Crippen LogP contribution in [0.2, 0.25) is 10.0 Å². The summed E-state index contributed by atoms with van der Waals surface area (Å²) in [4.78, 5) is 37.8. The number of carbonyl (C=O) groups is 2. The number of nitrogens with one attached hydrogen (secondary N) is 2. The van der Waals surface area contributed by atoms with E-state index in [9.17, 15) is 9.59 Å². The lowest BCUT2D eigenvalue weighted by molar-refractivity contribution is -0.137. The first-order chi connectivity index (χ1) is 22.1. The van der Waals surface area contributed by atoms with E-state index < -0.39 is 11.8 Å². The zero-order valence-corrected chi connectivity index (χ0v) is 27.2. The summed E-state index contributed by atoms with van der Waals surface area (Å²) in [5.74, 6) is -0.194. The number of carboxylic acids is 1. The molecule has 2 aliphatic rings. The Bertz CT molecular complexity index is 1510. The molecule has 246 valence electrons. The molecule has 0 spiro atoms. The molecule has 5 rings (SSSR count). The molecule has 0 aliphatic carbocycles. The number of hydrogen-bond acceptors (Lipinski definition) is 8. The van der Waals surface area contributed by atoms with Crippen molar-refractivity contribution in [1.29, 1.82) is 0 Å². The van der Waals surface area contributed by atoms with Crippen molar-refractivity contribution >= 4 is 41.0 Å². The molecule has 14 heteroatoms. The second kappa shape index (κ2) is 15.7. The third kappa shape index (κ3) is 9.41. The van der Waals surface area contributed by atoms with Crippen LogP contribution >= 0.6 is 23.2 Å². The third-order valence-corrected chi connectivity index (χ3v) is 8.68. The first kappa shape index (κ1) is 33.6. The number of benzene rings is 1. The quantitative estimate of drug-likeness (QED) is 0.255. The van der Waals surface area contributed by atoms with Crippen molar-refractivity contribution in [1.82, 2.24) is 30.4 Å². The zero-order valence-electron chi connectivity index (χ0n) is 25.6. The van der Waals surface area contributed by atoms with Gasteiger partial charge in [-0.1, -0.05) is 23.2 Å². The van der Waals surface area contributed by atoms with Crippen LogP contribution in [0.4, 0.5) is 15.0 Å². The molecule has 11 nitrogen and oxygen atoms in total. The maximum Gasteiger partial charge on any atom is 0.314 e. The van der Waals surface area contributed by atoms with Crippen molar-refractivity contribution < 1.29 is 23.8 Å². The molecule has 0 radical (unpaired) electrons. The molecule has 2 fully saturated rings. The van der Waals surface area contributed by atoms with Gasteiger partial charge in [0, 0.05) is 80.6 Å². The molecule has 1 aromatic carbocycles. The first-order valence-corrected chi connectivity index (χ1v) is 16.1. The van der Waals surface area contributed by atoms with Crippen molar-refractivity contribution in [2.24, 2.45) is 5.92 Å². The maximum atomic E-state index is 15.3. The second-order valence-electron chi connectivity index (χ2n) is 11.6. The fourth-order valence-electron chi connectivity index (χ4n) is 5.74. The molecule has 2 aromatic heterocycles. The second-order valence-corrected chi connectivity index (χ2v) is 12.5. The van der Waals surface area contributed by atoms with E-state index in [0.717, 1.165) is 37.1 Å². The van der Waals surface area contributed by atoms with E-state index in [2.05, 4.69) is 25.4 Å². The van der Waals surface area contributed by atoms with Crippen LogP contribution < -0.4 is 20.3 Å². The van der Waals surface area contributed by atoms with E-state index in [1.807, 2.05) is 17.0 Å². The maximum absolute atomic E-state index is 15.3. The highest BCUT2D eigenvalue weighted by Gasteiger charge is 2.23. The van der Waals surface area contributed by atoms with Crippen molar-refractivity contribution in [3.63, 3.8) is 0 Å². The van der Waals surface area contributed by atoms with Crippen LogP contribution in [0.1, 0.15) is 24.8 Å². The van der Waals surface area contributed by atoms with Gasteiger partial charge in [-0.3, -0.25) is 14.6 Å². The number of piperazine rings is 1. The summed E-state index contributed by atoms with van der Waals surface area (Å²) in [6.07, 6.45) is 3.49. The lowest BCUT2D eigenvalue weighted by Gasteiger charge is -2.35. The number of anilines is 1. The molecule has 0 bridgehead atoms. The third-order valence-electron chi connectivity index (χ3n) is 8.24. The summed E-state index contributed by atoms with van der Waals surface area (Å²) in [7, 11) is 1.61. The van der Waals surface area contributed by atoms with Gasteiger partial charge in [-0.25, -0.2) is 19.2 Å². The molecule has 2 aliphatic heterocycles. The number of urea groups is 1. The van der Waals surface area contributed by atoms with Gasteiger partial charge in [0.05, 0.1) is 18.3 Å². The Balaban J connectivity index is 1.29. The van der Waals surface area contributed by atoms with E-state index in [0.29, 0.717) is 67.5 Å². The molecule has 0 saturated carbocycles. The minimum Gasteiger partial charge on any atom is -0.481 e. The highest BCUT2D eigenvalue weighted by atomic mass is 35.5. The molecular formula is C32H38Cl2FN7O4. The van der Waals surface area contributed by atoms with Crippen LogP contribution in [0, 0.1) is 11.7 Å². The molecule has 4 heterocycles. The Morgan fingerprint density at radius 1 is 1.00 bits per heavy atom. The number of piperidine rings is 1. The predicted octanol–water partition coefficient (Wildman–Crippen LogP) is 5.12. The van der Waals surface area contributed by atoms with Gasteiger partial charge in [-0.15, -0.1) is 0 Å². The number of aromatic nitrogens is 2. The number of likely N-dealkylation sites (tertiary alicyclic amines) is 1. The lowest BCUT2D eigenvalue weighted by Crippen LogP contribution is -2.47. The summed E-state index contributed by atoms with van der Waals surface area (Å²) in [5.41, 5.74) is 2.31. The monoisotopic (exact) mass is 673 g/mol. The summed E-state index contributed by atoms with van der Waals surface area (Å²) in [6, 6.07) is 10.2. The van der Waals surface area contributed by atoms with Crippen molar-refractivity contribution in [3.8, 4) is 22.9 Å². The fourth-order valence-corrected chi connectivity index (χ4v) is 6.27. The van der Waals surface area contributed by atoms with E-state index in [-0.39, 0.29) is 29.9 Å². The SMILES string of the molecule is CNC(=O)NCC1CCN(Cc2cc(Oc3cnc(N4CCN(CCC(=O)O)CC4)c(F)c3)nc(-c3cc(Cl)cc(Cl)c3)c2)CC1. The van der Waals surface area contributed by atoms with Crippen molar-refractivity contribution in [2.75, 3.05) is 64.3 Å². The van der Waals surface area contributed by atoms with Crippen LogP contribution in [-0.4, -0.2) is 96.3 Å². The van der Waals surface area contributed by atoms with Gasteiger partial charge in [-0.2, -0.15) is 0 Å². The van der Waals surface area contributed by atoms with Crippen molar-refractivity contribution in [2.45, 2.75) is 25.8 Å². The number of ether oxygens (including phenoxy) is 1. The van der Waals surface area contributed by atoms with Gasteiger partial charge in [0.15, 0.2) is 17.4 Å². The minimum absolute atomic E-state index is 0.0799. The number of nitrogens with zero attached hydrogens (tertiary/aromatic N) is 5. The Hall–Kier alpha value is -3.71. The molecule has 2 amide bonds. The summed E-state index contributed by atoms with van der Waals surface area (Å²) < 4.78 is 21.4. The fraction of sp³-hybridized carbons (Fsp3) is 0.438. The topological polar surface area (TPSA) is 123 Å². The Morgan fingerprint density at radius 3 is 2.37 bits per heavy atom. The number of carbonyl (C=O) groups excluding carboxylic acids is 1. The first-order valence-electron chi connectivity index (χ1n) is 15.3. The van der Waals surface area contributed by atoms with Gasteiger partial charge in [0.2, 0.25) is 5.88 Å². The predicted molar refractivity (Wildman–Crippen MR) is 175 cm³/mol. The Morgan fingerprint density at radius 2 is 1.72 bits per heavy atom. The number of hydrogen-bond donors (Lipinski definition) is 3. The van der Waals surface area contributed by atoms with E-state index in [1.54, 1.807) is 25.2 Å². The number of aliphatic carboxylic acids is 1. The zero-order chi connectivity index (χ0) is 32.6. The minimum atomic E-state index is -0.831. The van der Waals surface area contributed by atoms with Crippen LogP contribution in [0.15, 0.2) is 42.6 Å². The summed E-state index contributed by atoms with van der Waals surface area (Å²) >= 11 is 12.6. The smallest absolute Gasteiger partial charge is 0.314 e. The largest absolute Gasteiger partial charge is 0.481 e. The normalized spacial score (nSPS) is 16.3. The molecular weight excluding hydrogens is 636 g/mol. The Kier molecular flexibility index (Phi) is 11.5. The van der Waals surface area contributed by atoms with Crippen LogP contribution in [0.25, 0.3) is 11.3 Å². The van der Waals surface area contributed by atoms with Crippen molar-refractivity contribution in [3.05, 3.63) is 64.0 Å². The number of amides is 2. The average molecular weight is 675 g/mol. The standard InChI is InChI=1S/C32H38Cl2FN7O4/c1-36-32(45)38-18-21-2-5-41(6-3-21)20-22-12-28(23-14-24(33)16-25(34)15-23)39-29(13-22)46-26-17-27(35)31(37-19-26)42-10-8-40(9-11-42)7-4-30(43)44/h12-17,19,21H,2-11,18,20H2,1H3,(H,43,44)(H2,36,38,45). The summed E-state index contributed by atoms with van der Waals surface area (Å²) in [5, 5.41) is 15.4. The molecule has 3 N–H and O–H groups in total. The highest BCUT2D eigenvalue weighted by molar-refractivity contribution is 6.35. The average Bonchev–Trinajstić information content (AvgIpc) is 3.03. The van der Waals surface area contributed by atoms with E-state index in [4.69, 9.17) is 38.0 Å². The van der Waals surface area contributed by atoms with Gasteiger partial charge < -0.3 is 25.4 Å². The van der Waals surface area contributed by atoms with Gasteiger partial charge in [0.25, 0.3) is 0 Å². The van der Waals surface area contributed by atoms with Gasteiger partial charge in [-0.05, 0) is 61.7 Å². The lowest BCUT2D eigenvalue weighted by atomic mass is 9.96. The highest BCUT2D eigenvalue weighted by Crippen LogP contribution is 2.32. The number of carboxylic acid groups (broad SMARTS) is 1. The van der Waals surface area contributed by atoms with Crippen LogP contribution in [0.3, 0.4) is 0 Å². The van der Waals surface area contributed by atoms with Crippen LogP contribution in [0.5, 0.6) is 11.6 Å². The Labute approximate surface area is 277 Å². The number of rotatable bonds is 11. The van der Waals surface area contributed by atoms with Gasteiger partial charge in [0.1, 0.15) is 0 Å². The van der Waals surface area contributed by atoms with E-state index in [1.165, 1.54) is 12.3 Å². The number of halogens is 3. The molecule has 46 heavy (non-hydrogen) atoms. The molecule has 0 atom stereocenters. The van der Waals surface area contributed by atoms with E-state index >= 15 is 4.39 Å². The van der Waals surface area contributed by atoms with Gasteiger partial charge >= 0.3 is 12.0 Å². The number of pyridine rings is 2. The molecule has 0 unspecified atom stereocenters.